The third-order valence-electron chi connectivity index (χ3n) is 1.44. The summed E-state index contributed by atoms with van der Waals surface area (Å²) in [5.74, 6) is -0.270. The molecule has 0 bridgehead atoms. The number of phenolic OH excluding ortho intramolecular Hbond substituents is 1. The van der Waals surface area contributed by atoms with Crippen LogP contribution >= 0.6 is 0 Å². The maximum absolute atomic E-state index is 10.7. The topological polar surface area (TPSA) is 83.8 Å². The summed E-state index contributed by atoms with van der Waals surface area (Å²) < 4.78 is 34.7. The van der Waals surface area contributed by atoms with Crippen LogP contribution in [0, 0.1) is 0 Å². The molecule has 0 fully saturated rings. The van der Waals surface area contributed by atoms with Crippen LogP contribution in [0.4, 0.5) is 0 Å². The summed E-state index contributed by atoms with van der Waals surface area (Å²) in [6.45, 7) is 0. The molecule has 0 atom stereocenters. The van der Waals surface area contributed by atoms with Crippen LogP contribution in [0.2, 0.25) is 0 Å². The fourth-order valence-corrected chi connectivity index (χ4v) is 1.43. The zero-order chi connectivity index (χ0) is 10.1. The van der Waals surface area contributed by atoms with Gasteiger partial charge in [-0.1, -0.05) is 0 Å². The molecule has 0 amide bonds. The van der Waals surface area contributed by atoms with Gasteiger partial charge in [-0.05, 0) is 12.1 Å². The number of phenols is 1. The first-order chi connectivity index (χ1) is 5.95. The first-order valence-electron chi connectivity index (χ1n) is 3.29. The van der Waals surface area contributed by atoms with E-state index in [-0.39, 0.29) is 35.3 Å². The Balaban J connectivity index is 0.00000169. The van der Waals surface area contributed by atoms with Crippen molar-refractivity contribution in [2.24, 2.45) is 0 Å². The van der Waals surface area contributed by atoms with E-state index >= 15 is 0 Å². The molecule has 1 rings (SSSR count). The van der Waals surface area contributed by atoms with E-state index in [9.17, 15) is 8.42 Å². The molecule has 0 heterocycles. The third-order valence-corrected chi connectivity index (χ3v) is 2.33. The minimum absolute atomic E-state index is 0. The van der Waals surface area contributed by atoms with Crippen molar-refractivity contribution in [3.63, 3.8) is 0 Å². The molecule has 0 saturated carbocycles. The predicted molar refractivity (Wildman–Crippen MR) is 51.6 cm³/mol. The van der Waals surface area contributed by atoms with Gasteiger partial charge in [0.1, 0.15) is 16.4 Å². The number of aromatic hydroxyl groups is 1. The molecule has 0 aromatic heterocycles. The van der Waals surface area contributed by atoms with E-state index in [1.165, 1.54) is 13.2 Å². The van der Waals surface area contributed by atoms with Gasteiger partial charge < -0.3 is 9.84 Å². The molecule has 0 saturated heterocycles. The summed E-state index contributed by atoms with van der Waals surface area (Å²) >= 11 is 0. The Labute approximate surface area is 104 Å². The summed E-state index contributed by atoms with van der Waals surface area (Å²) in [7, 11) is -3.05. The SMILES string of the molecule is COc1ccc(O)c(S(=O)(=O)O)c1.[NaH]. The zero-order valence-corrected chi connectivity index (χ0v) is 7.58. The molecule has 1 aromatic carbocycles. The van der Waals surface area contributed by atoms with E-state index in [1.807, 2.05) is 0 Å². The molecule has 74 valence electrons. The van der Waals surface area contributed by atoms with Crippen LogP contribution in [0.5, 0.6) is 11.5 Å². The molecule has 0 aliphatic rings. The summed E-state index contributed by atoms with van der Waals surface area (Å²) in [5, 5.41) is 9.07. The Morgan fingerprint density at radius 2 is 1.93 bits per heavy atom. The van der Waals surface area contributed by atoms with Gasteiger partial charge in [0.05, 0.1) is 7.11 Å². The average Bonchev–Trinajstić information content (AvgIpc) is 2.03. The van der Waals surface area contributed by atoms with E-state index < -0.39 is 20.8 Å². The van der Waals surface area contributed by atoms with Crippen LogP contribution in [-0.4, -0.2) is 54.7 Å². The number of hydrogen-bond acceptors (Lipinski definition) is 4. The van der Waals surface area contributed by atoms with Crippen LogP contribution in [0.1, 0.15) is 0 Å². The first-order valence-corrected chi connectivity index (χ1v) is 4.73. The fraction of sp³-hybridized carbons (Fsp3) is 0.143. The first kappa shape index (κ1) is 13.7. The molecular formula is C7H9NaO5S. The van der Waals surface area contributed by atoms with Crippen LogP contribution in [0.15, 0.2) is 23.1 Å². The zero-order valence-electron chi connectivity index (χ0n) is 6.76. The van der Waals surface area contributed by atoms with Crippen molar-refractivity contribution in [3.8, 4) is 11.5 Å². The van der Waals surface area contributed by atoms with E-state index in [4.69, 9.17) is 14.4 Å². The van der Waals surface area contributed by atoms with Crippen molar-refractivity contribution in [2.75, 3.05) is 7.11 Å². The Morgan fingerprint density at radius 1 is 1.36 bits per heavy atom. The van der Waals surface area contributed by atoms with Crippen LogP contribution in [0.3, 0.4) is 0 Å². The molecular weight excluding hydrogens is 219 g/mol. The summed E-state index contributed by atoms with van der Waals surface area (Å²) in [4.78, 5) is -0.563. The Morgan fingerprint density at radius 3 is 2.36 bits per heavy atom. The quantitative estimate of drug-likeness (QED) is 0.549. The van der Waals surface area contributed by atoms with E-state index in [0.29, 0.717) is 0 Å². The molecule has 0 aliphatic heterocycles. The molecule has 0 aliphatic carbocycles. The van der Waals surface area contributed by atoms with Gasteiger partial charge in [0.15, 0.2) is 0 Å². The van der Waals surface area contributed by atoms with Crippen molar-refractivity contribution in [2.45, 2.75) is 4.90 Å². The monoisotopic (exact) mass is 228 g/mol. The molecule has 0 unspecified atom stereocenters. The van der Waals surface area contributed by atoms with E-state index in [0.717, 1.165) is 12.1 Å². The summed E-state index contributed by atoms with van der Waals surface area (Å²) in [6.07, 6.45) is 0. The normalized spacial score (nSPS) is 10.4. The van der Waals surface area contributed by atoms with Gasteiger partial charge in [-0.3, -0.25) is 4.55 Å². The third kappa shape index (κ3) is 3.14. The maximum atomic E-state index is 10.7. The second-order valence-electron chi connectivity index (χ2n) is 2.31. The fourth-order valence-electron chi connectivity index (χ4n) is 0.828. The molecule has 0 radical (unpaired) electrons. The number of hydrogen-bond donors (Lipinski definition) is 2. The molecule has 1 aromatic rings. The molecule has 7 heteroatoms. The number of ether oxygens (including phenoxy) is 1. The second kappa shape index (κ2) is 4.99. The second-order valence-corrected chi connectivity index (χ2v) is 3.70. The van der Waals surface area contributed by atoms with Gasteiger partial charge in [-0.15, -0.1) is 0 Å². The van der Waals surface area contributed by atoms with Gasteiger partial charge in [-0.2, -0.15) is 8.42 Å². The minimum atomic E-state index is -4.40. The Hall–Kier alpha value is -0.270. The predicted octanol–water partition coefficient (Wildman–Crippen LogP) is -0.001000. The Kier molecular flexibility index (Phi) is 4.90. The van der Waals surface area contributed by atoms with Crippen molar-refractivity contribution in [1.29, 1.82) is 0 Å². The van der Waals surface area contributed by atoms with Gasteiger partial charge in [-0.25, -0.2) is 0 Å². The summed E-state index contributed by atoms with van der Waals surface area (Å²) in [5.41, 5.74) is 0. The number of rotatable bonds is 2. The van der Waals surface area contributed by atoms with Crippen molar-refractivity contribution >= 4 is 39.7 Å². The number of methoxy groups -OCH3 is 1. The average molecular weight is 228 g/mol. The molecule has 14 heavy (non-hydrogen) atoms. The van der Waals surface area contributed by atoms with E-state index in [1.54, 1.807) is 0 Å². The van der Waals surface area contributed by atoms with Gasteiger partial charge in [0.2, 0.25) is 0 Å². The van der Waals surface area contributed by atoms with Crippen LogP contribution in [-0.2, 0) is 10.1 Å². The van der Waals surface area contributed by atoms with E-state index in [2.05, 4.69) is 0 Å². The van der Waals surface area contributed by atoms with Gasteiger partial charge in [0.25, 0.3) is 10.1 Å². The van der Waals surface area contributed by atoms with Gasteiger partial charge >= 0.3 is 29.6 Å². The standard InChI is InChI=1S/C7H8O5S.Na.H/c1-12-5-2-3-6(8)7(4-5)13(9,10)11;;/h2-4,8H,1H3,(H,9,10,11);;. The molecule has 2 N–H and O–H groups in total. The Bertz CT molecular complexity index is 414. The molecule has 0 spiro atoms. The van der Waals surface area contributed by atoms with Crippen molar-refractivity contribution in [1.82, 2.24) is 0 Å². The van der Waals surface area contributed by atoms with Crippen LogP contribution < -0.4 is 4.74 Å². The van der Waals surface area contributed by atoms with Crippen molar-refractivity contribution < 1.29 is 22.8 Å². The van der Waals surface area contributed by atoms with Crippen LogP contribution in [0.25, 0.3) is 0 Å². The number of benzene rings is 1. The van der Waals surface area contributed by atoms with Gasteiger partial charge in [0, 0.05) is 6.07 Å². The molecule has 5 nitrogen and oxygen atoms in total. The van der Waals surface area contributed by atoms with Crippen molar-refractivity contribution in [3.05, 3.63) is 18.2 Å². The summed E-state index contributed by atoms with van der Waals surface area (Å²) in [6, 6.07) is 3.54.